The molecule has 4 rings (SSSR count). The van der Waals surface area contributed by atoms with Crippen molar-refractivity contribution >= 4 is 57.3 Å². The fourth-order valence-corrected chi connectivity index (χ4v) is 5.23. The molecule has 10 nitrogen and oxygen atoms in total. The van der Waals surface area contributed by atoms with Gasteiger partial charge in [-0.2, -0.15) is 0 Å². The van der Waals surface area contributed by atoms with E-state index in [1.54, 1.807) is 0 Å². The van der Waals surface area contributed by atoms with Gasteiger partial charge in [0.15, 0.2) is 0 Å². The number of hydrogen-bond acceptors (Lipinski definition) is 6. The number of carbonyl (C=O) groups excluding carboxylic acids is 4. The summed E-state index contributed by atoms with van der Waals surface area (Å²) in [6.45, 7) is 1.88. The quantitative estimate of drug-likeness (QED) is 0.126. The largest absolute Gasteiger partial charge is 0.467 e. The van der Waals surface area contributed by atoms with Crippen LogP contribution in [0, 0.1) is 0 Å². The van der Waals surface area contributed by atoms with E-state index in [1.165, 1.54) is 14.0 Å². The standard InChI is InChI=1S/C30H36ClN5O5/c1-18(37)33-27-17-20-11-13-24-22(16-20)21-15-19(10-12-23(21)34-24)7-3-4-9-26(30(40)41-2)36-28(38)25(35-29(27)39)8-5-6-14-32-31/h3-4,10-13,15-16,25-27,32,34H,5-9,14,17H2,1-2H3,(H,33,37)(H,35,39)(H,36,38)/t25-,26-,27?/m0/s1. The summed E-state index contributed by atoms with van der Waals surface area (Å²) < 4.78 is 4.93. The van der Waals surface area contributed by atoms with E-state index in [2.05, 4.69) is 31.8 Å². The zero-order valence-corrected chi connectivity index (χ0v) is 24.0. The monoisotopic (exact) mass is 581 g/mol. The summed E-state index contributed by atoms with van der Waals surface area (Å²) in [4.78, 5) is 57.5. The zero-order chi connectivity index (χ0) is 29.4. The number of unbranched alkanes of at least 4 members (excludes halogenated alkanes) is 1. The molecule has 0 fully saturated rings. The fraction of sp³-hybridized carbons (Fsp3) is 0.400. The van der Waals surface area contributed by atoms with Crippen molar-refractivity contribution in [1.82, 2.24) is 25.8 Å². The van der Waals surface area contributed by atoms with E-state index >= 15 is 0 Å². The Morgan fingerprint density at radius 1 is 0.976 bits per heavy atom. The van der Waals surface area contributed by atoms with Crippen molar-refractivity contribution < 1.29 is 23.9 Å². The maximum absolute atomic E-state index is 13.5. The second kappa shape index (κ2) is 14.1. The number of nitrogens with one attached hydrogen (secondary N) is 5. The third-order valence-electron chi connectivity index (χ3n) is 7.20. The molecule has 0 aliphatic carbocycles. The Hall–Kier alpha value is -3.89. The van der Waals surface area contributed by atoms with Crippen molar-refractivity contribution in [3.05, 3.63) is 59.7 Å². The van der Waals surface area contributed by atoms with Crippen LogP contribution >= 0.6 is 11.8 Å². The number of benzene rings is 2. The molecule has 4 bridgehead atoms. The summed E-state index contributed by atoms with van der Waals surface area (Å²) in [6.07, 6.45) is 6.47. The molecule has 3 atom stereocenters. The van der Waals surface area contributed by atoms with Gasteiger partial charge in [0.05, 0.1) is 7.11 Å². The van der Waals surface area contributed by atoms with Crippen molar-refractivity contribution in [3.63, 3.8) is 0 Å². The normalized spacial score (nSPS) is 20.1. The fourth-order valence-electron chi connectivity index (χ4n) is 5.10. The summed E-state index contributed by atoms with van der Waals surface area (Å²) in [5, 5.41) is 10.4. The number of aromatic nitrogens is 1. The number of H-pyrrole nitrogens is 1. The first-order valence-corrected chi connectivity index (χ1v) is 14.1. The molecule has 5 N–H and O–H groups in total. The summed E-state index contributed by atoms with van der Waals surface area (Å²) in [6, 6.07) is 9.35. The first kappa shape index (κ1) is 30.1. The molecule has 218 valence electrons. The topological polar surface area (TPSA) is 141 Å². The molecule has 1 aromatic heterocycles. The summed E-state index contributed by atoms with van der Waals surface area (Å²) in [7, 11) is 1.27. The molecule has 11 heteroatoms. The van der Waals surface area contributed by atoms with Crippen LogP contribution in [0.25, 0.3) is 21.8 Å². The number of allylic oxidation sites excluding steroid dienone is 1. The van der Waals surface area contributed by atoms with Crippen LogP contribution in [-0.4, -0.2) is 60.5 Å². The SMILES string of the molecule is COC(=O)[C@@H]1CC=CCc2ccc3[nH]c4ccc(cc4c3c2)CC(NC(C)=O)C(=O)N[C@@H](CCCCNCl)C(=O)N1. The lowest BCUT2D eigenvalue weighted by molar-refractivity contribution is -0.145. The Bertz CT molecular complexity index is 1450. The van der Waals surface area contributed by atoms with Gasteiger partial charge in [-0.15, -0.1) is 0 Å². The van der Waals surface area contributed by atoms with Gasteiger partial charge in [-0.1, -0.05) is 24.3 Å². The first-order valence-electron chi connectivity index (χ1n) is 13.8. The Balaban J connectivity index is 1.72. The Morgan fingerprint density at radius 3 is 2.37 bits per heavy atom. The number of methoxy groups -OCH3 is 1. The zero-order valence-electron chi connectivity index (χ0n) is 23.2. The molecule has 2 aromatic carbocycles. The smallest absolute Gasteiger partial charge is 0.328 e. The van der Waals surface area contributed by atoms with Gasteiger partial charge < -0.3 is 25.7 Å². The van der Waals surface area contributed by atoms with Crippen molar-refractivity contribution in [1.29, 1.82) is 0 Å². The lowest BCUT2D eigenvalue weighted by atomic mass is 10.00. The lowest BCUT2D eigenvalue weighted by Crippen LogP contribution is -2.56. The number of esters is 1. The summed E-state index contributed by atoms with van der Waals surface area (Å²) in [5.74, 6) is -1.95. The number of rotatable bonds is 7. The molecule has 3 aromatic rings. The minimum absolute atomic E-state index is 0.225. The molecule has 0 saturated carbocycles. The maximum Gasteiger partial charge on any atom is 0.328 e. The maximum atomic E-state index is 13.5. The minimum Gasteiger partial charge on any atom is -0.467 e. The van der Waals surface area contributed by atoms with Gasteiger partial charge in [0.1, 0.15) is 18.1 Å². The van der Waals surface area contributed by atoms with E-state index in [-0.39, 0.29) is 18.7 Å². The van der Waals surface area contributed by atoms with Crippen molar-refractivity contribution in [2.24, 2.45) is 0 Å². The summed E-state index contributed by atoms with van der Waals surface area (Å²) in [5.41, 5.74) is 3.91. The van der Waals surface area contributed by atoms with Crippen LogP contribution in [0.3, 0.4) is 0 Å². The number of fused-ring (bicyclic) bond motifs is 2. The van der Waals surface area contributed by atoms with Crippen LogP contribution in [0.4, 0.5) is 0 Å². The van der Waals surface area contributed by atoms with E-state index in [1.807, 2.05) is 42.5 Å². The van der Waals surface area contributed by atoms with Crippen LogP contribution in [0.15, 0.2) is 48.6 Å². The van der Waals surface area contributed by atoms with E-state index in [0.29, 0.717) is 32.2 Å². The van der Waals surface area contributed by atoms with Crippen LogP contribution in [0.5, 0.6) is 0 Å². The molecular formula is C30H36ClN5O5. The molecule has 0 saturated heterocycles. The van der Waals surface area contributed by atoms with Crippen molar-refractivity contribution in [2.45, 2.75) is 63.6 Å². The predicted molar refractivity (Wildman–Crippen MR) is 158 cm³/mol. The van der Waals surface area contributed by atoms with Gasteiger partial charge >= 0.3 is 5.97 Å². The van der Waals surface area contributed by atoms with E-state index in [0.717, 1.165) is 32.9 Å². The second-order valence-electron chi connectivity index (χ2n) is 10.3. The van der Waals surface area contributed by atoms with Crippen LogP contribution < -0.4 is 20.8 Å². The molecule has 2 heterocycles. The van der Waals surface area contributed by atoms with Gasteiger partial charge in [-0.05, 0) is 79.3 Å². The highest BCUT2D eigenvalue weighted by Gasteiger charge is 2.29. The number of aromatic amines is 1. The first-order chi connectivity index (χ1) is 19.8. The number of amides is 3. The van der Waals surface area contributed by atoms with E-state index in [4.69, 9.17) is 16.5 Å². The molecule has 3 amide bonds. The number of ether oxygens (including phenoxy) is 1. The lowest BCUT2D eigenvalue weighted by Gasteiger charge is -2.25. The van der Waals surface area contributed by atoms with Crippen LogP contribution in [-0.2, 0) is 36.8 Å². The Morgan fingerprint density at radius 2 is 1.68 bits per heavy atom. The average Bonchev–Trinajstić information content (AvgIpc) is 3.31. The van der Waals surface area contributed by atoms with Gasteiger partial charge in [0, 0.05) is 41.7 Å². The number of halogens is 1. The highest BCUT2D eigenvalue weighted by atomic mass is 35.5. The molecule has 1 aliphatic heterocycles. The van der Waals surface area contributed by atoms with Crippen LogP contribution in [0.1, 0.15) is 43.7 Å². The van der Waals surface area contributed by atoms with Gasteiger partial charge in [0.25, 0.3) is 0 Å². The van der Waals surface area contributed by atoms with E-state index < -0.39 is 35.9 Å². The number of hydrogen-bond donors (Lipinski definition) is 5. The summed E-state index contributed by atoms with van der Waals surface area (Å²) >= 11 is 5.57. The van der Waals surface area contributed by atoms with Crippen molar-refractivity contribution in [2.75, 3.05) is 13.7 Å². The third-order valence-corrected chi connectivity index (χ3v) is 7.39. The van der Waals surface area contributed by atoms with Gasteiger partial charge in [-0.3, -0.25) is 14.4 Å². The minimum atomic E-state index is -0.935. The van der Waals surface area contributed by atoms with E-state index in [9.17, 15) is 19.2 Å². The molecule has 1 aliphatic rings. The molecule has 0 radical (unpaired) electrons. The molecule has 0 spiro atoms. The highest BCUT2D eigenvalue weighted by Crippen LogP contribution is 2.28. The van der Waals surface area contributed by atoms with Crippen molar-refractivity contribution in [3.8, 4) is 0 Å². The molecular weight excluding hydrogens is 546 g/mol. The molecule has 41 heavy (non-hydrogen) atoms. The molecule has 1 unspecified atom stereocenters. The van der Waals surface area contributed by atoms with Gasteiger partial charge in [-0.25, -0.2) is 9.63 Å². The Kier molecular flexibility index (Phi) is 10.4. The predicted octanol–water partition coefficient (Wildman–Crippen LogP) is 2.93. The second-order valence-corrected chi connectivity index (χ2v) is 10.5. The third kappa shape index (κ3) is 7.86. The van der Waals surface area contributed by atoms with Crippen LogP contribution in [0.2, 0.25) is 0 Å². The average molecular weight is 582 g/mol. The Labute approximate surface area is 243 Å². The van der Waals surface area contributed by atoms with Gasteiger partial charge in [0.2, 0.25) is 17.7 Å². The number of carbonyl (C=O) groups is 4. The highest BCUT2D eigenvalue weighted by molar-refractivity contribution is 6.13.